The van der Waals surface area contributed by atoms with Crippen molar-refractivity contribution < 1.29 is 14.3 Å². The molecule has 5 rings (SSSR count). The lowest BCUT2D eigenvalue weighted by molar-refractivity contribution is -0.116. The van der Waals surface area contributed by atoms with Crippen molar-refractivity contribution in [3.63, 3.8) is 0 Å². The van der Waals surface area contributed by atoms with Gasteiger partial charge in [-0.15, -0.1) is 21.5 Å². The van der Waals surface area contributed by atoms with E-state index in [1.54, 1.807) is 23.5 Å². The van der Waals surface area contributed by atoms with E-state index in [-0.39, 0.29) is 12.3 Å². The van der Waals surface area contributed by atoms with Crippen molar-refractivity contribution in [2.45, 2.75) is 46.1 Å². The number of aryl methyl sites for hydroxylation is 3. The summed E-state index contributed by atoms with van der Waals surface area (Å²) in [6.45, 7) is 6.57. The van der Waals surface area contributed by atoms with E-state index < -0.39 is 12.0 Å². The number of anilines is 1. The molecule has 0 spiro atoms. The smallest absolute Gasteiger partial charge is 0.338 e. The molecular weight excluding hydrogens is 560 g/mol. The van der Waals surface area contributed by atoms with Crippen LogP contribution >= 0.6 is 22.9 Å². The molecule has 1 amide bonds. The van der Waals surface area contributed by atoms with Gasteiger partial charge >= 0.3 is 5.97 Å². The molecule has 0 radical (unpaired) electrons. The number of ether oxygens (including phenoxy) is 1. The van der Waals surface area contributed by atoms with Gasteiger partial charge in [-0.05, 0) is 75.5 Å². The summed E-state index contributed by atoms with van der Waals surface area (Å²) in [4.78, 5) is 32.2. The fourth-order valence-corrected chi connectivity index (χ4v) is 6.32. The van der Waals surface area contributed by atoms with Gasteiger partial charge in [-0.1, -0.05) is 29.8 Å². The molecule has 0 aliphatic carbocycles. The van der Waals surface area contributed by atoms with E-state index >= 15 is 0 Å². The summed E-state index contributed by atoms with van der Waals surface area (Å²) in [6, 6.07) is 12.2. The molecule has 11 heteroatoms. The van der Waals surface area contributed by atoms with Crippen molar-refractivity contribution >= 4 is 46.2 Å². The minimum absolute atomic E-state index is 0.0185. The summed E-state index contributed by atoms with van der Waals surface area (Å²) < 4.78 is 6.98. The van der Waals surface area contributed by atoms with Crippen molar-refractivity contribution in [1.29, 1.82) is 0 Å². The van der Waals surface area contributed by atoms with Gasteiger partial charge in [-0.25, -0.2) is 4.79 Å². The number of halogens is 1. The Balaban J connectivity index is 1.52. The lowest BCUT2D eigenvalue weighted by Crippen LogP contribution is -2.18. The zero-order valence-corrected chi connectivity index (χ0v) is 24.9. The van der Waals surface area contributed by atoms with Gasteiger partial charge in [-0.2, -0.15) is 0 Å². The van der Waals surface area contributed by atoms with Gasteiger partial charge in [0.2, 0.25) is 5.91 Å². The minimum Gasteiger partial charge on any atom is -0.465 e. The fourth-order valence-electron chi connectivity index (χ4n) is 4.98. The number of nitrogens with zero attached hydrogens (tertiary/aromatic N) is 4. The number of aliphatic imine (C=N–C) groups is 1. The van der Waals surface area contributed by atoms with Crippen LogP contribution in [0.3, 0.4) is 0 Å². The lowest BCUT2D eigenvalue weighted by atomic mass is 9.99. The first-order chi connectivity index (χ1) is 19.7. The number of nitrogens with two attached hydrogens (primary N) is 1. The fraction of sp³-hybridized carbons (Fsp3) is 0.300. The number of methoxy groups -OCH3 is 1. The second kappa shape index (κ2) is 11.9. The van der Waals surface area contributed by atoms with E-state index in [4.69, 9.17) is 27.1 Å². The molecule has 3 heterocycles. The van der Waals surface area contributed by atoms with Crippen molar-refractivity contribution in [3.8, 4) is 5.00 Å². The second-order valence-corrected chi connectivity index (χ2v) is 11.6. The van der Waals surface area contributed by atoms with E-state index in [0.717, 1.165) is 45.2 Å². The molecule has 1 atom stereocenters. The Bertz CT molecular complexity index is 1660. The molecule has 0 saturated carbocycles. The molecule has 0 saturated heterocycles. The molecule has 1 aliphatic rings. The highest BCUT2D eigenvalue weighted by Crippen LogP contribution is 2.39. The largest absolute Gasteiger partial charge is 0.465 e. The number of carbonyl (C=O) groups is 2. The number of rotatable bonds is 8. The van der Waals surface area contributed by atoms with Crippen LogP contribution in [0.5, 0.6) is 0 Å². The Morgan fingerprint density at radius 2 is 1.88 bits per heavy atom. The molecule has 2 aromatic heterocycles. The normalized spacial score (nSPS) is 14.1. The van der Waals surface area contributed by atoms with Crippen molar-refractivity contribution in [1.82, 2.24) is 14.8 Å². The average Bonchev–Trinajstić information content (AvgIpc) is 3.44. The predicted octanol–water partition coefficient (Wildman–Crippen LogP) is 5.51. The van der Waals surface area contributed by atoms with E-state index in [0.29, 0.717) is 35.1 Å². The molecule has 41 heavy (non-hydrogen) atoms. The summed E-state index contributed by atoms with van der Waals surface area (Å²) in [6.07, 6.45) is 1.39. The maximum Gasteiger partial charge on any atom is 0.338 e. The van der Waals surface area contributed by atoms with Crippen LogP contribution in [-0.4, -0.2) is 46.0 Å². The van der Waals surface area contributed by atoms with Gasteiger partial charge in [0.05, 0.1) is 24.8 Å². The molecule has 3 N–H and O–H groups in total. The number of amides is 1. The summed E-state index contributed by atoms with van der Waals surface area (Å²) >= 11 is 7.85. The number of carbonyl (C=O) groups excluding carboxylic acids is 2. The standard InChI is InChI=1S/C30H31ClN6O3S/c1-16-17(2)41-29-26(16)27(20-7-10-21(31)11-8-20)34-24(28-36-35-18(3)37(28)29)15-25(38)33-22-12-9-19(6-5-13-32)23(14-22)30(39)40-4/h7-12,14,24H,5-6,13,15,32H2,1-4H3,(H,33,38)/t24-/m0/s1. The highest BCUT2D eigenvalue weighted by molar-refractivity contribution is 7.15. The first-order valence-electron chi connectivity index (χ1n) is 13.3. The average molecular weight is 591 g/mol. The number of nitrogens with one attached hydrogen (secondary N) is 1. The number of thiophene rings is 1. The quantitative estimate of drug-likeness (QED) is 0.261. The Morgan fingerprint density at radius 1 is 1.12 bits per heavy atom. The number of esters is 1. The van der Waals surface area contributed by atoms with E-state index in [1.165, 1.54) is 12.0 Å². The third-order valence-electron chi connectivity index (χ3n) is 7.19. The third kappa shape index (κ3) is 5.68. The van der Waals surface area contributed by atoms with Crippen LogP contribution in [0.25, 0.3) is 5.00 Å². The van der Waals surface area contributed by atoms with Crippen molar-refractivity contribution in [2.24, 2.45) is 10.7 Å². The molecule has 0 fully saturated rings. The Kier molecular flexibility index (Phi) is 8.35. The zero-order valence-electron chi connectivity index (χ0n) is 23.3. The van der Waals surface area contributed by atoms with Crippen LogP contribution in [0.4, 0.5) is 5.69 Å². The van der Waals surface area contributed by atoms with Gasteiger partial charge in [0.15, 0.2) is 5.82 Å². The summed E-state index contributed by atoms with van der Waals surface area (Å²) in [5.74, 6) is 0.576. The zero-order chi connectivity index (χ0) is 29.3. The SMILES string of the molecule is COC(=O)c1cc(NC(=O)C[C@@H]2N=C(c3ccc(Cl)cc3)c3c(sc(C)c3C)-n3c(C)nnc32)ccc1CCCN. The van der Waals surface area contributed by atoms with Crippen molar-refractivity contribution in [3.05, 3.63) is 91.8 Å². The Labute approximate surface area is 247 Å². The lowest BCUT2D eigenvalue weighted by Gasteiger charge is -2.14. The predicted molar refractivity (Wildman–Crippen MR) is 162 cm³/mol. The van der Waals surface area contributed by atoms with Gasteiger partial charge in [0.1, 0.15) is 16.9 Å². The van der Waals surface area contributed by atoms with Crippen molar-refractivity contribution in [2.75, 3.05) is 19.0 Å². The Morgan fingerprint density at radius 3 is 2.59 bits per heavy atom. The van der Waals surface area contributed by atoms with Crippen LogP contribution < -0.4 is 11.1 Å². The van der Waals surface area contributed by atoms with Gasteiger partial charge in [0, 0.05) is 26.7 Å². The maximum atomic E-state index is 13.5. The molecule has 0 unspecified atom stereocenters. The first kappa shape index (κ1) is 28.7. The maximum absolute atomic E-state index is 13.5. The number of hydrogen-bond donors (Lipinski definition) is 2. The molecule has 9 nitrogen and oxygen atoms in total. The molecule has 0 bridgehead atoms. The number of hydrogen-bond acceptors (Lipinski definition) is 8. The third-order valence-corrected chi connectivity index (χ3v) is 8.63. The monoisotopic (exact) mass is 590 g/mol. The molecule has 1 aliphatic heterocycles. The second-order valence-electron chi connectivity index (χ2n) is 9.91. The summed E-state index contributed by atoms with van der Waals surface area (Å²) in [5, 5.41) is 13.4. The topological polar surface area (TPSA) is 124 Å². The molecular formula is C30H31ClN6O3S. The summed E-state index contributed by atoms with van der Waals surface area (Å²) in [5.41, 5.74) is 11.2. The highest BCUT2D eigenvalue weighted by atomic mass is 35.5. The number of aromatic nitrogens is 3. The van der Waals surface area contributed by atoms with E-state index in [1.807, 2.05) is 41.8 Å². The van der Waals surface area contributed by atoms with Crippen LogP contribution in [0, 0.1) is 20.8 Å². The highest BCUT2D eigenvalue weighted by Gasteiger charge is 2.32. The minimum atomic E-state index is -0.606. The Hall–Kier alpha value is -3.86. The van der Waals surface area contributed by atoms with E-state index in [9.17, 15) is 9.59 Å². The van der Waals surface area contributed by atoms with Gasteiger partial charge < -0.3 is 15.8 Å². The van der Waals surface area contributed by atoms with Gasteiger partial charge in [-0.3, -0.25) is 14.4 Å². The number of fused-ring (bicyclic) bond motifs is 3. The van der Waals surface area contributed by atoms with Gasteiger partial charge in [0.25, 0.3) is 0 Å². The van der Waals surface area contributed by atoms with Crippen LogP contribution in [0.1, 0.15) is 68.0 Å². The van der Waals surface area contributed by atoms with E-state index in [2.05, 4.69) is 29.4 Å². The first-order valence-corrected chi connectivity index (χ1v) is 14.5. The van der Waals surface area contributed by atoms with Crippen LogP contribution in [0.2, 0.25) is 5.02 Å². The number of benzene rings is 2. The molecule has 2 aromatic carbocycles. The van der Waals surface area contributed by atoms with Crippen LogP contribution in [0.15, 0.2) is 47.5 Å². The van der Waals surface area contributed by atoms with Crippen LogP contribution in [-0.2, 0) is 16.0 Å². The molecule has 212 valence electrons. The molecule has 4 aromatic rings. The summed E-state index contributed by atoms with van der Waals surface area (Å²) in [7, 11) is 1.34.